The van der Waals surface area contributed by atoms with Gasteiger partial charge in [0.05, 0.1) is 32.7 Å². The van der Waals surface area contributed by atoms with Gasteiger partial charge in [-0.2, -0.15) is 4.89 Å². The van der Waals surface area contributed by atoms with Crippen LogP contribution >= 0.6 is 0 Å². The molecule has 4 saturated carbocycles. The van der Waals surface area contributed by atoms with Gasteiger partial charge in [0.25, 0.3) is 5.79 Å². The number of methoxy groups -OCH3 is 1. The van der Waals surface area contributed by atoms with E-state index in [0.29, 0.717) is 52.9 Å². The molecule has 5 atom stereocenters. The number of ether oxygens (including phenoxy) is 6. The molecule has 2 aromatic rings. The quantitative estimate of drug-likeness (QED) is 0.0157. The maximum absolute atomic E-state index is 14.3. The molecule has 4 aliphatic carbocycles. The molecule has 1 saturated heterocycles. The summed E-state index contributed by atoms with van der Waals surface area (Å²) < 4.78 is 33.7. The Balaban J connectivity index is 1.11. The molecule has 476 valence electrons. The number of hydrogen-bond acceptors (Lipinski definition) is 17. The van der Waals surface area contributed by atoms with Crippen LogP contribution in [-0.4, -0.2) is 135 Å². The lowest BCUT2D eigenvalue weighted by atomic mass is 9.47. The summed E-state index contributed by atoms with van der Waals surface area (Å²) in [5.74, 6) is -5.87. The van der Waals surface area contributed by atoms with Crippen LogP contribution in [0.2, 0.25) is 77.1 Å². The molecule has 1 unspecified atom stereocenters. The summed E-state index contributed by atoms with van der Waals surface area (Å²) in [7, 11) is -3.19. The van der Waals surface area contributed by atoms with Crippen molar-refractivity contribution >= 4 is 83.5 Å². The largest absolute Gasteiger partial charge is 0.514 e. The summed E-state index contributed by atoms with van der Waals surface area (Å²) in [5, 5.41) is 13.0. The standard InChI is InChI=1S/C61H93N5O17Si3/c1-38(2)54(66-55(71)48(21-22-51(68)77-23-26-84(5,6)7)64-57(73)49(62-39(3)67)35-52(69)78-24-27-85(8,9)10)58(74)65-50(36-53(70)79-25-28-86(11,12)13)56(72)63-46-19-17-40(18-20-46)37-80-59(75)81-47-16-14-15-43(34-47)61(76-4)60(82-83-61)44-30-41-29-42(32-44)33-45(60)31-41/h14-20,34,38,41-42,44-45,48-50,54H,21-33,35-37H2,1-13H3,(H,62,67)(H,63,72)(H,64,73)(H,65,74)(H,66,71)/t41?,42?,44?,45?,48-,49-,50-,54-,60?,61?/m0/s1. The van der Waals surface area contributed by atoms with Crippen molar-refractivity contribution in [2.75, 3.05) is 32.2 Å². The Morgan fingerprint density at radius 1 is 0.593 bits per heavy atom. The molecular formula is C61H93N5O17Si3. The van der Waals surface area contributed by atoms with E-state index >= 15 is 0 Å². The molecule has 22 nitrogen and oxygen atoms in total. The molecule has 5 amide bonds. The molecule has 2 aromatic carbocycles. The molecule has 7 rings (SSSR count). The number of benzene rings is 2. The first-order valence-corrected chi connectivity index (χ1v) is 41.3. The van der Waals surface area contributed by atoms with Gasteiger partial charge in [0.15, 0.2) is 5.60 Å². The lowest BCUT2D eigenvalue weighted by Gasteiger charge is -2.68. The van der Waals surface area contributed by atoms with Gasteiger partial charge in [0.1, 0.15) is 36.5 Å². The predicted octanol–water partition coefficient (Wildman–Crippen LogP) is 8.12. The Morgan fingerprint density at radius 3 is 1.59 bits per heavy atom. The summed E-state index contributed by atoms with van der Waals surface area (Å²) in [5.41, 5.74) is 0.861. The van der Waals surface area contributed by atoms with E-state index < -0.39 is 132 Å². The first-order valence-electron chi connectivity index (χ1n) is 30.2. The van der Waals surface area contributed by atoms with Crippen LogP contribution in [-0.2, 0) is 84.2 Å². The first-order chi connectivity index (χ1) is 40.3. The van der Waals surface area contributed by atoms with Crippen LogP contribution in [0.4, 0.5) is 10.5 Å². The second-order valence-corrected chi connectivity index (χ2v) is 44.4. The lowest BCUT2D eigenvalue weighted by Crippen LogP contribution is -2.76. The topological polar surface area (TPSA) is 288 Å². The van der Waals surface area contributed by atoms with Crippen molar-refractivity contribution < 1.29 is 81.3 Å². The molecule has 25 heteroatoms. The van der Waals surface area contributed by atoms with Crippen molar-refractivity contribution in [1.29, 1.82) is 0 Å². The fraction of sp³-hybridized carbons (Fsp3) is 0.656. The Hall–Kier alpha value is -6.00. The van der Waals surface area contributed by atoms with E-state index in [2.05, 4.69) is 85.5 Å². The van der Waals surface area contributed by atoms with E-state index in [1.807, 2.05) is 6.07 Å². The second kappa shape index (κ2) is 29.8. The highest BCUT2D eigenvalue weighted by atomic mass is 28.3. The molecule has 5 N–H and O–H groups in total. The minimum Gasteiger partial charge on any atom is -0.466 e. The summed E-state index contributed by atoms with van der Waals surface area (Å²) >= 11 is 0. The first kappa shape index (κ1) is 69.1. The number of carbonyl (C=O) groups is 9. The van der Waals surface area contributed by atoms with Gasteiger partial charge in [-0.3, -0.25) is 38.4 Å². The number of nitrogens with one attached hydrogen (secondary N) is 5. The summed E-state index contributed by atoms with van der Waals surface area (Å²) in [6, 6.07) is 9.44. The highest BCUT2D eigenvalue weighted by molar-refractivity contribution is 6.76. The zero-order valence-electron chi connectivity index (χ0n) is 52.6. The van der Waals surface area contributed by atoms with Crippen LogP contribution < -0.4 is 31.3 Å². The molecule has 1 aliphatic heterocycles. The van der Waals surface area contributed by atoms with Gasteiger partial charge in [-0.1, -0.05) is 97.0 Å². The molecule has 1 heterocycles. The smallest absolute Gasteiger partial charge is 0.466 e. The monoisotopic (exact) mass is 1250 g/mol. The van der Waals surface area contributed by atoms with E-state index in [4.69, 9.17) is 38.2 Å². The Kier molecular flexibility index (Phi) is 23.9. The highest BCUT2D eigenvalue weighted by Crippen LogP contribution is 2.69. The Morgan fingerprint density at radius 2 is 1.10 bits per heavy atom. The molecule has 86 heavy (non-hydrogen) atoms. The second-order valence-electron chi connectivity index (χ2n) is 27.6. The van der Waals surface area contributed by atoms with Gasteiger partial charge >= 0.3 is 24.1 Å². The Bertz CT molecular complexity index is 2710. The van der Waals surface area contributed by atoms with E-state index in [1.165, 1.54) is 6.42 Å². The van der Waals surface area contributed by atoms with E-state index in [0.717, 1.165) is 32.6 Å². The molecule has 1 spiro atoms. The SMILES string of the molecule is COC1(c2cccc(OC(=O)OCc3ccc(NC(=O)[C@H](CC(=O)OCC[Si](C)(C)C)NC(=O)[C@@H](NC(=O)[C@H](CCC(=O)OCC[Si](C)(C)C)NC(=O)[C@H](CC(=O)OCC[Si](C)(C)C)NC(C)=O)C(C)C)cc3)c2)OOC12C1CC3CC(C1)CC2C3. The van der Waals surface area contributed by atoms with Crippen LogP contribution in [0.3, 0.4) is 0 Å². The number of esters is 3. The average Bonchev–Trinajstić information content (AvgIpc) is 0.677. The molecule has 0 radical (unpaired) electrons. The molecule has 5 fully saturated rings. The highest BCUT2D eigenvalue weighted by Gasteiger charge is 2.76. The zero-order valence-corrected chi connectivity index (χ0v) is 55.6. The van der Waals surface area contributed by atoms with Gasteiger partial charge < -0.3 is 55.0 Å². The fourth-order valence-electron chi connectivity index (χ4n) is 11.8. The summed E-state index contributed by atoms with van der Waals surface area (Å²) in [4.78, 5) is 133. The van der Waals surface area contributed by atoms with Crippen LogP contribution in [0.15, 0.2) is 48.5 Å². The molecule has 5 aliphatic rings. The van der Waals surface area contributed by atoms with Crippen molar-refractivity contribution in [2.24, 2.45) is 29.6 Å². The lowest BCUT2D eigenvalue weighted by molar-refractivity contribution is -0.645. The van der Waals surface area contributed by atoms with Gasteiger partial charge in [-0.05, 0) is 116 Å². The fourth-order valence-corrected chi connectivity index (χ4v) is 13.9. The number of carbonyl (C=O) groups excluding carboxylic acids is 9. The third-order valence-corrected chi connectivity index (χ3v) is 21.5. The maximum atomic E-state index is 14.3. The van der Waals surface area contributed by atoms with Crippen LogP contribution in [0.5, 0.6) is 5.75 Å². The summed E-state index contributed by atoms with van der Waals surface area (Å²) in [6.45, 7) is 23.6. The molecule has 0 aromatic heterocycles. The van der Waals surface area contributed by atoms with Gasteiger partial charge in [-0.25, -0.2) is 9.68 Å². The number of hydrogen-bond donors (Lipinski definition) is 5. The number of anilines is 1. The third kappa shape index (κ3) is 19.5. The van der Waals surface area contributed by atoms with Crippen LogP contribution in [0, 0.1) is 29.6 Å². The van der Waals surface area contributed by atoms with E-state index in [9.17, 15) is 43.2 Å². The summed E-state index contributed by atoms with van der Waals surface area (Å²) in [6.07, 6.45) is 2.82. The predicted molar refractivity (Wildman–Crippen MR) is 327 cm³/mol. The van der Waals surface area contributed by atoms with Crippen molar-refractivity contribution in [3.63, 3.8) is 0 Å². The number of rotatable bonds is 31. The van der Waals surface area contributed by atoms with Crippen LogP contribution in [0.25, 0.3) is 0 Å². The normalized spacial score (nSPS) is 22.7. The van der Waals surface area contributed by atoms with E-state index in [1.54, 1.807) is 63.4 Å². The van der Waals surface area contributed by atoms with Gasteiger partial charge in [0.2, 0.25) is 29.5 Å². The van der Waals surface area contributed by atoms with Crippen LogP contribution in [0.1, 0.15) is 89.7 Å². The minimum absolute atomic E-state index is 0.105. The third-order valence-electron chi connectivity index (χ3n) is 16.4. The van der Waals surface area contributed by atoms with Gasteiger partial charge in [0, 0.05) is 55.9 Å². The Labute approximate surface area is 509 Å². The van der Waals surface area contributed by atoms with Crippen molar-refractivity contribution in [1.82, 2.24) is 21.3 Å². The average molecular weight is 1250 g/mol. The van der Waals surface area contributed by atoms with Crippen molar-refractivity contribution in [3.8, 4) is 5.75 Å². The number of amides is 5. The molecular weight excluding hydrogens is 1160 g/mol. The molecule has 4 bridgehead atoms. The van der Waals surface area contributed by atoms with E-state index in [-0.39, 0.29) is 50.7 Å². The zero-order chi connectivity index (χ0) is 63.4. The van der Waals surface area contributed by atoms with Crippen molar-refractivity contribution in [3.05, 3.63) is 59.7 Å². The van der Waals surface area contributed by atoms with Crippen molar-refractivity contribution in [2.45, 2.75) is 198 Å². The minimum atomic E-state index is -1.64. The van der Waals surface area contributed by atoms with Gasteiger partial charge in [-0.15, -0.1) is 0 Å². The maximum Gasteiger partial charge on any atom is 0.514 e.